The van der Waals surface area contributed by atoms with Crippen molar-refractivity contribution in [2.45, 2.75) is 52.1 Å². The van der Waals surface area contributed by atoms with Gasteiger partial charge >= 0.3 is 0 Å². The fourth-order valence-corrected chi connectivity index (χ4v) is 2.15. The van der Waals surface area contributed by atoms with Gasteiger partial charge in [-0.2, -0.15) is 0 Å². The van der Waals surface area contributed by atoms with Crippen molar-refractivity contribution in [2.24, 2.45) is 4.99 Å². The standard InChI is InChI=1S/C18H32N4/c1-15(11-12-16-9-7-6-8-10-16)22-17(19-5)20-13-14-21-18(2,3)4/h6-10,15,21H,11-14H2,1-5H3,(H2,19,20,22). The van der Waals surface area contributed by atoms with Gasteiger partial charge in [0.25, 0.3) is 0 Å². The van der Waals surface area contributed by atoms with Crippen LogP contribution in [0.4, 0.5) is 0 Å². The summed E-state index contributed by atoms with van der Waals surface area (Å²) in [5.74, 6) is 0.872. The molecule has 0 saturated carbocycles. The molecule has 0 heterocycles. The zero-order valence-electron chi connectivity index (χ0n) is 14.7. The molecule has 1 atom stereocenters. The summed E-state index contributed by atoms with van der Waals surface area (Å²) in [6, 6.07) is 11.0. The van der Waals surface area contributed by atoms with Crippen LogP contribution in [0.25, 0.3) is 0 Å². The zero-order valence-corrected chi connectivity index (χ0v) is 14.7. The summed E-state index contributed by atoms with van der Waals surface area (Å²) in [5.41, 5.74) is 1.54. The number of benzene rings is 1. The SMILES string of the molecule is CN=C(NCCNC(C)(C)C)NC(C)CCc1ccccc1. The Morgan fingerprint density at radius 2 is 1.82 bits per heavy atom. The predicted molar refractivity (Wildman–Crippen MR) is 96.5 cm³/mol. The average Bonchev–Trinajstić information content (AvgIpc) is 2.48. The molecule has 0 saturated heterocycles. The number of hydrogen-bond acceptors (Lipinski definition) is 2. The summed E-state index contributed by atoms with van der Waals surface area (Å²) in [6.45, 7) is 10.5. The van der Waals surface area contributed by atoms with Crippen molar-refractivity contribution in [1.29, 1.82) is 0 Å². The van der Waals surface area contributed by atoms with E-state index in [9.17, 15) is 0 Å². The highest BCUT2D eigenvalue weighted by molar-refractivity contribution is 5.79. The normalized spacial score (nSPS) is 13.8. The molecule has 0 radical (unpaired) electrons. The van der Waals surface area contributed by atoms with Crippen molar-refractivity contribution in [3.8, 4) is 0 Å². The number of rotatable bonds is 7. The van der Waals surface area contributed by atoms with E-state index in [1.807, 2.05) is 7.05 Å². The highest BCUT2D eigenvalue weighted by Crippen LogP contribution is 2.04. The van der Waals surface area contributed by atoms with E-state index in [1.165, 1.54) is 5.56 Å². The molecule has 1 unspecified atom stereocenters. The van der Waals surface area contributed by atoms with Gasteiger partial charge in [-0.15, -0.1) is 0 Å². The van der Waals surface area contributed by atoms with Crippen LogP contribution in [0.2, 0.25) is 0 Å². The lowest BCUT2D eigenvalue weighted by atomic mass is 10.1. The van der Waals surface area contributed by atoms with Crippen molar-refractivity contribution in [3.05, 3.63) is 35.9 Å². The first-order chi connectivity index (χ1) is 10.4. The molecule has 0 aliphatic heterocycles. The van der Waals surface area contributed by atoms with Crippen molar-refractivity contribution < 1.29 is 0 Å². The minimum atomic E-state index is 0.154. The Kier molecular flexibility index (Phi) is 7.96. The lowest BCUT2D eigenvalue weighted by Crippen LogP contribution is -2.46. The third-order valence-corrected chi connectivity index (χ3v) is 3.39. The molecule has 4 heteroatoms. The van der Waals surface area contributed by atoms with E-state index < -0.39 is 0 Å². The van der Waals surface area contributed by atoms with Crippen LogP contribution < -0.4 is 16.0 Å². The van der Waals surface area contributed by atoms with Crippen LogP contribution in [0.1, 0.15) is 39.7 Å². The molecule has 22 heavy (non-hydrogen) atoms. The van der Waals surface area contributed by atoms with Crippen molar-refractivity contribution in [2.75, 3.05) is 20.1 Å². The molecule has 4 nitrogen and oxygen atoms in total. The molecule has 124 valence electrons. The maximum Gasteiger partial charge on any atom is 0.191 e. The van der Waals surface area contributed by atoms with Gasteiger partial charge in [-0.25, -0.2) is 0 Å². The first kappa shape index (κ1) is 18.5. The predicted octanol–water partition coefficient (Wildman–Crippen LogP) is 2.56. The van der Waals surface area contributed by atoms with E-state index in [1.54, 1.807) is 0 Å². The van der Waals surface area contributed by atoms with Gasteiger partial charge in [0.05, 0.1) is 0 Å². The van der Waals surface area contributed by atoms with Gasteiger partial charge in [-0.1, -0.05) is 30.3 Å². The Morgan fingerprint density at radius 1 is 1.14 bits per heavy atom. The molecule has 0 amide bonds. The second-order valence-electron chi connectivity index (χ2n) is 6.75. The smallest absolute Gasteiger partial charge is 0.191 e. The lowest BCUT2D eigenvalue weighted by molar-refractivity contribution is 0.428. The van der Waals surface area contributed by atoms with Crippen LogP contribution in [0.5, 0.6) is 0 Å². The molecule has 3 N–H and O–H groups in total. The van der Waals surface area contributed by atoms with E-state index in [0.29, 0.717) is 6.04 Å². The summed E-state index contributed by atoms with van der Waals surface area (Å²) in [4.78, 5) is 4.28. The average molecular weight is 304 g/mol. The second-order valence-corrected chi connectivity index (χ2v) is 6.75. The minimum absolute atomic E-state index is 0.154. The summed E-state index contributed by atoms with van der Waals surface area (Å²) in [5, 5.41) is 10.2. The van der Waals surface area contributed by atoms with Crippen LogP contribution in [-0.4, -0.2) is 37.7 Å². The molecule has 0 aliphatic carbocycles. The van der Waals surface area contributed by atoms with Crippen molar-refractivity contribution in [1.82, 2.24) is 16.0 Å². The van der Waals surface area contributed by atoms with Gasteiger partial charge in [0.1, 0.15) is 0 Å². The number of aryl methyl sites for hydroxylation is 1. The Labute approximate surface area is 135 Å². The number of aliphatic imine (C=N–C) groups is 1. The summed E-state index contributed by atoms with van der Waals surface area (Å²) >= 11 is 0. The van der Waals surface area contributed by atoms with Gasteiger partial charge in [-0.3, -0.25) is 4.99 Å². The number of hydrogen-bond donors (Lipinski definition) is 3. The summed E-state index contributed by atoms with van der Waals surface area (Å²) in [7, 11) is 1.82. The Bertz CT molecular complexity index is 434. The van der Waals surface area contributed by atoms with Crippen molar-refractivity contribution >= 4 is 5.96 Å². The molecule has 1 aromatic carbocycles. The fourth-order valence-electron chi connectivity index (χ4n) is 2.15. The maximum atomic E-state index is 4.28. The van der Waals surface area contributed by atoms with E-state index in [-0.39, 0.29) is 5.54 Å². The van der Waals surface area contributed by atoms with Gasteiger partial charge < -0.3 is 16.0 Å². The molecule has 0 bridgehead atoms. The minimum Gasteiger partial charge on any atom is -0.355 e. The van der Waals surface area contributed by atoms with E-state index in [4.69, 9.17) is 0 Å². The van der Waals surface area contributed by atoms with Gasteiger partial charge in [0.15, 0.2) is 5.96 Å². The third kappa shape index (κ3) is 8.67. The molecule has 0 aliphatic rings. The Balaban J connectivity index is 2.24. The molecule has 1 rings (SSSR count). The monoisotopic (exact) mass is 304 g/mol. The summed E-state index contributed by atoms with van der Waals surface area (Å²) in [6.07, 6.45) is 2.17. The van der Waals surface area contributed by atoms with Crippen LogP contribution in [0.3, 0.4) is 0 Å². The highest BCUT2D eigenvalue weighted by atomic mass is 15.2. The molecular formula is C18H32N4. The third-order valence-electron chi connectivity index (χ3n) is 3.39. The topological polar surface area (TPSA) is 48.5 Å². The molecule has 0 spiro atoms. The van der Waals surface area contributed by atoms with Gasteiger partial charge in [0, 0.05) is 31.7 Å². The molecule has 0 fully saturated rings. The largest absolute Gasteiger partial charge is 0.355 e. The van der Waals surface area contributed by atoms with Crippen molar-refractivity contribution in [3.63, 3.8) is 0 Å². The van der Waals surface area contributed by atoms with Gasteiger partial charge in [0.2, 0.25) is 0 Å². The van der Waals surface area contributed by atoms with Crippen LogP contribution in [0, 0.1) is 0 Å². The first-order valence-electron chi connectivity index (χ1n) is 8.17. The van der Waals surface area contributed by atoms with E-state index in [2.05, 4.69) is 79.0 Å². The quantitative estimate of drug-likeness (QED) is 0.412. The molecule has 0 aromatic heterocycles. The molecular weight excluding hydrogens is 272 g/mol. The van der Waals surface area contributed by atoms with E-state index >= 15 is 0 Å². The van der Waals surface area contributed by atoms with Crippen LogP contribution in [0.15, 0.2) is 35.3 Å². The number of nitrogens with zero attached hydrogens (tertiary/aromatic N) is 1. The van der Waals surface area contributed by atoms with Crippen LogP contribution >= 0.6 is 0 Å². The summed E-state index contributed by atoms with van der Waals surface area (Å²) < 4.78 is 0. The number of nitrogens with one attached hydrogen (secondary N) is 3. The Morgan fingerprint density at radius 3 is 2.41 bits per heavy atom. The first-order valence-corrected chi connectivity index (χ1v) is 8.17. The Hall–Kier alpha value is -1.55. The highest BCUT2D eigenvalue weighted by Gasteiger charge is 2.08. The van der Waals surface area contributed by atoms with Gasteiger partial charge in [-0.05, 0) is 46.1 Å². The zero-order chi connectivity index (χ0) is 16.4. The molecule has 1 aromatic rings. The fraction of sp³-hybridized carbons (Fsp3) is 0.611. The maximum absolute atomic E-state index is 4.28. The van der Waals surface area contributed by atoms with E-state index in [0.717, 1.165) is 31.9 Å². The second kappa shape index (κ2) is 9.46. The van der Waals surface area contributed by atoms with Crippen LogP contribution in [-0.2, 0) is 6.42 Å². The number of guanidine groups is 1. The lowest BCUT2D eigenvalue weighted by Gasteiger charge is -2.22.